The van der Waals surface area contributed by atoms with Crippen LogP contribution in [0.4, 0.5) is 0 Å². The van der Waals surface area contributed by atoms with E-state index in [9.17, 15) is 0 Å². The van der Waals surface area contributed by atoms with Crippen LogP contribution in [0.15, 0.2) is 22.7 Å². The van der Waals surface area contributed by atoms with Crippen LogP contribution >= 0.6 is 15.9 Å². The summed E-state index contributed by atoms with van der Waals surface area (Å²) in [5, 5.41) is 3.46. The fourth-order valence-electron chi connectivity index (χ4n) is 1.40. The lowest BCUT2D eigenvalue weighted by Gasteiger charge is -2.21. The standard InChI is InChI=1S/C15H20BrNO/c1-5-6-10-18-14-12(8-7-9-13(14)16)11-17-15(2,3)4/h7-9,17H,10-11H2,1-4H3. The lowest BCUT2D eigenvalue weighted by Crippen LogP contribution is -2.35. The molecule has 0 saturated carbocycles. The lowest BCUT2D eigenvalue weighted by atomic mass is 10.1. The van der Waals surface area contributed by atoms with E-state index in [-0.39, 0.29) is 5.54 Å². The van der Waals surface area contributed by atoms with Crippen LogP contribution in [-0.2, 0) is 6.54 Å². The van der Waals surface area contributed by atoms with Crippen LogP contribution in [0.25, 0.3) is 0 Å². The zero-order valence-corrected chi connectivity index (χ0v) is 13.0. The molecule has 0 saturated heterocycles. The summed E-state index contributed by atoms with van der Waals surface area (Å²) in [6.45, 7) is 9.45. The van der Waals surface area contributed by atoms with Crippen molar-refractivity contribution in [2.24, 2.45) is 0 Å². The third kappa shape index (κ3) is 5.12. The Morgan fingerprint density at radius 1 is 1.33 bits per heavy atom. The summed E-state index contributed by atoms with van der Waals surface area (Å²) in [5.74, 6) is 6.61. The van der Waals surface area contributed by atoms with Crippen LogP contribution in [-0.4, -0.2) is 12.1 Å². The van der Waals surface area contributed by atoms with Gasteiger partial charge in [0.25, 0.3) is 0 Å². The molecule has 1 aromatic carbocycles. The first-order valence-electron chi connectivity index (χ1n) is 5.99. The monoisotopic (exact) mass is 309 g/mol. The van der Waals surface area contributed by atoms with Crippen molar-refractivity contribution in [3.8, 4) is 17.6 Å². The summed E-state index contributed by atoms with van der Waals surface area (Å²) >= 11 is 3.52. The van der Waals surface area contributed by atoms with Gasteiger partial charge in [0.1, 0.15) is 12.4 Å². The van der Waals surface area contributed by atoms with Gasteiger partial charge in [-0.3, -0.25) is 0 Å². The van der Waals surface area contributed by atoms with Crippen LogP contribution in [0.5, 0.6) is 5.75 Å². The molecule has 18 heavy (non-hydrogen) atoms. The van der Waals surface area contributed by atoms with E-state index < -0.39 is 0 Å². The van der Waals surface area contributed by atoms with Gasteiger partial charge in [-0.05, 0) is 49.7 Å². The first-order valence-corrected chi connectivity index (χ1v) is 6.78. The topological polar surface area (TPSA) is 21.3 Å². The van der Waals surface area contributed by atoms with Crippen molar-refractivity contribution in [3.63, 3.8) is 0 Å². The van der Waals surface area contributed by atoms with E-state index in [0.717, 1.165) is 22.3 Å². The van der Waals surface area contributed by atoms with E-state index in [0.29, 0.717) is 6.61 Å². The van der Waals surface area contributed by atoms with Gasteiger partial charge in [0.15, 0.2) is 0 Å². The number of hydrogen-bond donors (Lipinski definition) is 1. The van der Waals surface area contributed by atoms with Gasteiger partial charge < -0.3 is 10.1 Å². The zero-order valence-electron chi connectivity index (χ0n) is 11.4. The predicted octanol–water partition coefficient (Wildman–Crippen LogP) is 3.74. The number of benzene rings is 1. The molecule has 0 aliphatic heterocycles. The molecule has 0 amide bonds. The molecule has 0 bridgehead atoms. The number of rotatable bonds is 4. The molecule has 0 heterocycles. The summed E-state index contributed by atoms with van der Waals surface area (Å²) in [4.78, 5) is 0. The Morgan fingerprint density at radius 2 is 2.06 bits per heavy atom. The molecule has 0 radical (unpaired) electrons. The molecule has 0 aromatic heterocycles. The summed E-state index contributed by atoms with van der Waals surface area (Å²) < 4.78 is 6.68. The fraction of sp³-hybridized carbons (Fsp3) is 0.467. The molecule has 1 rings (SSSR count). The van der Waals surface area contributed by atoms with Crippen molar-refractivity contribution < 1.29 is 4.74 Å². The maximum atomic E-state index is 5.71. The number of nitrogens with one attached hydrogen (secondary N) is 1. The molecule has 3 heteroatoms. The van der Waals surface area contributed by atoms with Gasteiger partial charge in [0, 0.05) is 17.6 Å². The summed E-state index contributed by atoms with van der Waals surface area (Å²) in [6, 6.07) is 6.07. The highest BCUT2D eigenvalue weighted by Crippen LogP contribution is 2.29. The number of halogens is 1. The Kier molecular flexibility index (Phi) is 5.71. The minimum Gasteiger partial charge on any atom is -0.479 e. The normalized spacial score (nSPS) is 10.7. The molecule has 2 nitrogen and oxygen atoms in total. The SMILES string of the molecule is CC#CCOc1c(Br)cccc1CNC(C)(C)C. The van der Waals surface area contributed by atoms with Crippen LogP contribution in [0.2, 0.25) is 0 Å². The molecule has 1 aromatic rings. The minimum atomic E-state index is 0.0861. The second-order valence-corrected chi connectivity index (χ2v) is 5.90. The van der Waals surface area contributed by atoms with Gasteiger partial charge in [0.05, 0.1) is 4.47 Å². The van der Waals surface area contributed by atoms with E-state index in [1.165, 1.54) is 0 Å². The van der Waals surface area contributed by atoms with Gasteiger partial charge in [-0.25, -0.2) is 0 Å². The maximum absolute atomic E-state index is 5.71. The molecule has 0 unspecified atom stereocenters. The molecule has 0 fully saturated rings. The van der Waals surface area contributed by atoms with Gasteiger partial charge in [0.2, 0.25) is 0 Å². The molecule has 0 spiro atoms. The highest BCUT2D eigenvalue weighted by atomic mass is 79.9. The van der Waals surface area contributed by atoms with Gasteiger partial charge in [-0.1, -0.05) is 18.1 Å². The van der Waals surface area contributed by atoms with Gasteiger partial charge >= 0.3 is 0 Å². The minimum absolute atomic E-state index is 0.0861. The molecule has 98 valence electrons. The largest absolute Gasteiger partial charge is 0.479 e. The van der Waals surface area contributed by atoms with Crippen molar-refractivity contribution in [3.05, 3.63) is 28.2 Å². The predicted molar refractivity (Wildman–Crippen MR) is 79.7 cm³/mol. The lowest BCUT2D eigenvalue weighted by molar-refractivity contribution is 0.356. The molecule has 0 aliphatic rings. The van der Waals surface area contributed by atoms with Crippen LogP contribution < -0.4 is 10.1 Å². The number of ether oxygens (including phenoxy) is 1. The van der Waals surface area contributed by atoms with Crippen molar-refractivity contribution >= 4 is 15.9 Å². The average molecular weight is 310 g/mol. The molecule has 0 atom stereocenters. The van der Waals surface area contributed by atoms with Crippen LogP contribution in [0, 0.1) is 11.8 Å². The molecular formula is C15H20BrNO. The molecular weight excluding hydrogens is 290 g/mol. The van der Waals surface area contributed by atoms with Crippen molar-refractivity contribution in [1.29, 1.82) is 0 Å². The third-order valence-electron chi connectivity index (χ3n) is 2.32. The van der Waals surface area contributed by atoms with E-state index in [4.69, 9.17) is 4.74 Å². The van der Waals surface area contributed by atoms with E-state index in [2.05, 4.69) is 59.9 Å². The van der Waals surface area contributed by atoms with Crippen molar-refractivity contribution in [1.82, 2.24) is 5.32 Å². The zero-order chi connectivity index (χ0) is 13.6. The second-order valence-electron chi connectivity index (χ2n) is 5.05. The van der Waals surface area contributed by atoms with Crippen LogP contribution in [0.1, 0.15) is 33.3 Å². The first kappa shape index (κ1) is 15.1. The van der Waals surface area contributed by atoms with E-state index >= 15 is 0 Å². The number of hydrogen-bond acceptors (Lipinski definition) is 2. The number of para-hydroxylation sites is 1. The Balaban J connectivity index is 2.81. The van der Waals surface area contributed by atoms with E-state index in [1.807, 2.05) is 19.1 Å². The Bertz CT molecular complexity index is 452. The Labute approximate surface area is 118 Å². The Morgan fingerprint density at radius 3 is 2.67 bits per heavy atom. The summed E-state index contributed by atoms with van der Waals surface area (Å²) in [6.07, 6.45) is 0. The highest BCUT2D eigenvalue weighted by molar-refractivity contribution is 9.10. The van der Waals surface area contributed by atoms with Crippen molar-refractivity contribution in [2.75, 3.05) is 6.61 Å². The fourth-order valence-corrected chi connectivity index (χ4v) is 1.92. The van der Waals surface area contributed by atoms with Crippen LogP contribution in [0.3, 0.4) is 0 Å². The third-order valence-corrected chi connectivity index (χ3v) is 2.95. The quantitative estimate of drug-likeness (QED) is 0.856. The van der Waals surface area contributed by atoms with Gasteiger partial charge in [-0.2, -0.15) is 0 Å². The smallest absolute Gasteiger partial charge is 0.149 e. The summed E-state index contributed by atoms with van der Waals surface area (Å²) in [7, 11) is 0. The Hall–Kier alpha value is -0.980. The summed E-state index contributed by atoms with van der Waals surface area (Å²) in [5.41, 5.74) is 1.22. The molecule has 1 N–H and O–H groups in total. The van der Waals surface area contributed by atoms with Crippen molar-refractivity contribution in [2.45, 2.75) is 39.8 Å². The average Bonchev–Trinajstić information content (AvgIpc) is 2.28. The maximum Gasteiger partial charge on any atom is 0.149 e. The molecule has 0 aliphatic carbocycles. The highest BCUT2D eigenvalue weighted by Gasteiger charge is 2.12. The van der Waals surface area contributed by atoms with Gasteiger partial charge in [-0.15, -0.1) is 5.92 Å². The van der Waals surface area contributed by atoms with E-state index in [1.54, 1.807) is 0 Å². The second kappa shape index (κ2) is 6.82. The first-order chi connectivity index (χ1) is 8.44.